The summed E-state index contributed by atoms with van der Waals surface area (Å²) >= 11 is 9.14. The second kappa shape index (κ2) is 4.43. The van der Waals surface area contributed by atoms with Crippen LogP contribution in [0.1, 0.15) is 13.3 Å². The molecule has 1 unspecified atom stereocenters. The number of rotatable bonds is 3. The highest BCUT2D eigenvalue weighted by Crippen LogP contribution is 2.30. The smallest absolute Gasteiger partial charge is 0.152 e. The Morgan fingerprint density at radius 3 is 2.67 bits per heavy atom. The van der Waals surface area contributed by atoms with Crippen molar-refractivity contribution in [1.82, 2.24) is 4.90 Å². The average molecular weight is 265 g/mol. The normalized spacial score (nSPS) is 28.7. The second-order valence-electron chi connectivity index (χ2n) is 4.02. The summed E-state index contributed by atoms with van der Waals surface area (Å²) in [5, 5.41) is 0. The zero-order valence-electron chi connectivity index (χ0n) is 8.64. The van der Waals surface area contributed by atoms with Gasteiger partial charge in [0.1, 0.15) is 4.32 Å². The van der Waals surface area contributed by atoms with Crippen LogP contribution in [-0.4, -0.2) is 41.2 Å². The van der Waals surface area contributed by atoms with E-state index in [0.29, 0.717) is 17.3 Å². The average Bonchev–Trinajstić information content (AvgIpc) is 2.37. The highest BCUT2D eigenvalue weighted by molar-refractivity contribution is 8.10. The Kier molecular flexibility index (Phi) is 3.84. The monoisotopic (exact) mass is 265 g/mol. The SMILES string of the molecule is C=CCN(C(=S)S)C1(C)CCS(=O)(=O)C1. The Labute approximate surface area is 102 Å². The number of nitrogens with zero attached hydrogens (tertiary/aromatic N) is 1. The summed E-state index contributed by atoms with van der Waals surface area (Å²) in [4.78, 5) is 1.82. The molecule has 1 fully saturated rings. The third-order valence-corrected chi connectivity index (χ3v) is 5.03. The second-order valence-corrected chi connectivity index (χ2v) is 7.32. The summed E-state index contributed by atoms with van der Waals surface area (Å²) in [5.74, 6) is 0.377. The van der Waals surface area contributed by atoms with Gasteiger partial charge in [-0.15, -0.1) is 19.2 Å². The lowest BCUT2D eigenvalue weighted by Crippen LogP contribution is -2.48. The van der Waals surface area contributed by atoms with E-state index in [0.717, 1.165) is 0 Å². The molecule has 1 rings (SSSR count). The number of thiol groups is 1. The minimum Gasteiger partial charge on any atom is -0.348 e. The van der Waals surface area contributed by atoms with E-state index in [1.54, 1.807) is 6.08 Å². The van der Waals surface area contributed by atoms with E-state index >= 15 is 0 Å². The van der Waals surface area contributed by atoms with Gasteiger partial charge in [0.25, 0.3) is 0 Å². The van der Waals surface area contributed by atoms with Crippen LogP contribution in [0, 0.1) is 0 Å². The largest absolute Gasteiger partial charge is 0.348 e. The zero-order valence-corrected chi connectivity index (χ0v) is 11.2. The van der Waals surface area contributed by atoms with Crippen LogP contribution in [0.4, 0.5) is 0 Å². The van der Waals surface area contributed by atoms with Gasteiger partial charge in [0, 0.05) is 6.54 Å². The summed E-state index contributed by atoms with van der Waals surface area (Å²) in [6.45, 7) is 6.08. The van der Waals surface area contributed by atoms with Gasteiger partial charge in [-0.25, -0.2) is 8.42 Å². The summed E-state index contributed by atoms with van der Waals surface area (Å²) < 4.78 is 23.3. The molecule has 0 amide bonds. The first-order chi connectivity index (χ1) is 6.81. The first-order valence-corrected chi connectivity index (χ1v) is 7.30. The van der Waals surface area contributed by atoms with Gasteiger partial charge in [0.05, 0.1) is 17.0 Å². The lowest BCUT2D eigenvalue weighted by atomic mass is 10.00. The van der Waals surface area contributed by atoms with E-state index in [9.17, 15) is 8.42 Å². The molecule has 1 aliphatic rings. The molecule has 0 aliphatic carbocycles. The molecule has 1 heterocycles. The highest BCUT2D eigenvalue weighted by atomic mass is 32.2. The maximum Gasteiger partial charge on any atom is 0.152 e. The van der Waals surface area contributed by atoms with Crippen molar-refractivity contribution in [2.45, 2.75) is 18.9 Å². The summed E-state index contributed by atoms with van der Waals surface area (Å²) in [5.41, 5.74) is -0.425. The van der Waals surface area contributed by atoms with Gasteiger partial charge < -0.3 is 4.90 Å². The molecule has 86 valence electrons. The van der Waals surface area contributed by atoms with E-state index in [4.69, 9.17) is 12.2 Å². The first-order valence-electron chi connectivity index (χ1n) is 4.63. The van der Waals surface area contributed by atoms with Crippen molar-refractivity contribution in [3.05, 3.63) is 12.7 Å². The van der Waals surface area contributed by atoms with Crippen LogP contribution in [0.3, 0.4) is 0 Å². The Bertz CT molecular complexity index is 377. The fraction of sp³-hybridized carbons (Fsp3) is 0.667. The number of hydrogen-bond acceptors (Lipinski definition) is 3. The molecule has 0 spiro atoms. The number of thiocarbonyl (C=S) groups is 1. The molecule has 0 radical (unpaired) electrons. The molecule has 1 saturated heterocycles. The van der Waals surface area contributed by atoms with Crippen LogP contribution in [0.2, 0.25) is 0 Å². The molecule has 0 aromatic heterocycles. The fourth-order valence-corrected chi connectivity index (χ4v) is 4.63. The topological polar surface area (TPSA) is 37.4 Å². The van der Waals surface area contributed by atoms with E-state index in [1.807, 2.05) is 11.8 Å². The number of sulfone groups is 1. The van der Waals surface area contributed by atoms with Crippen molar-refractivity contribution in [3.8, 4) is 0 Å². The van der Waals surface area contributed by atoms with Gasteiger partial charge in [-0.1, -0.05) is 18.3 Å². The van der Waals surface area contributed by atoms with Gasteiger partial charge in [0.2, 0.25) is 0 Å². The fourth-order valence-electron chi connectivity index (χ4n) is 1.86. The van der Waals surface area contributed by atoms with Gasteiger partial charge in [-0.3, -0.25) is 0 Å². The summed E-state index contributed by atoms with van der Waals surface area (Å²) in [7, 11) is -2.92. The third kappa shape index (κ3) is 2.95. The van der Waals surface area contributed by atoms with Crippen molar-refractivity contribution in [2.75, 3.05) is 18.1 Å². The highest BCUT2D eigenvalue weighted by Gasteiger charge is 2.42. The predicted molar refractivity (Wildman–Crippen MR) is 70.2 cm³/mol. The zero-order chi connectivity index (χ0) is 11.7. The Hall–Kier alpha value is -0.0700. The van der Waals surface area contributed by atoms with Crippen LogP contribution in [0.5, 0.6) is 0 Å². The first kappa shape index (κ1) is 13.0. The molecule has 0 N–H and O–H groups in total. The van der Waals surface area contributed by atoms with Crippen LogP contribution < -0.4 is 0 Å². The Balaban J connectivity index is 2.93. The van der Waals surface area contributed by atoms with Crippen LogP contribution in [0.15, 0.2) is 12.7 Å². The van der Waals surface area contributed by atoms with E-state index in [1.165, 1.54) is 0 Å². The molecule has 3 nitrogen and oxygen atoms in total. The molecule has 0 saturated carbocycles. The maximum atomic E-state index is 11.5. The van der Waals surface area contributed by atoms with Gasteiger partial charge in [-0.05, 0) is 13.3 Å². The molecule has 1 aliphatic heterocycles. The predicted octanol–water partition coefficient (Wildman–Crippen LogP) is 1.27. The minimum absolute atomic E-state index is 0.147. The Morgan fingerprint density at radius 1 is 1.73 bits per heavy atom. The van der Waals surface area contributed by atoms with Crippen molar-refractivity contribution >= 4 is 39.0 Å². The lowest BCUT2D eigenvalue weighted by molar-refractivity contribution is 0.249. The van der Waals surface area contributed by atoms with Gasteiger partial charge in [-0.2, -0.15) is 0 Å². The number of hydrogen-bond donors (Lipinski definition) is 1. The standard InChI is InChI=1S/C9H15NO2S3/c1-3-5-10(8(13)14)9(2)4-6-15(11,12)7-9/h3H,1,4-7H2,2H3,(H,13,14). The van der Waals surface area contributed by atoms with E-state index in [2.05, 4.69) is 19.2 Å². The summed E-state index contributed by atoms with van der Waals surface area (Å²) in [6, 6.07) is 0. The van der Waals surface area contributed by atoms with Crippen molar-refractivity contribution in [2.24, 2.45) is 0 Å². The Morgan fingerprint density at radius 2 is 2.33 bits per heavy atom. The molecule has 1 atom stereocenters. The van der Waals surface area contributed by atoms with Crippen molar-refractivity contribution < 1.29 is 8.42 Å². The quantitative estimate of drug-likeness (QED) is 0.474. The molecular weight excluding hydrogens is 250 g/mol. The molecule has 0 aromatic rings. The molecule has 15 heavy (non-hydrogen) atoms. The van der Waals surface area contributed by atoms with E-state index in [-0.39, 0.29) is 11.5 Å². The van der Waals surface area contributed by atoms with Crippen LogP contribution in [0.25, 0.3) is 0 Å². The minimum atomic E-state index is -2.92. The summed E-state index contributed by atoms with van der Waals surface area (Å²) in [6.07, 6.45) is 2.31. The molecule has 0 aromatic carbocycles. The third-order valence-electron chi connectivity index (χ3n) is 2.68. The van der Waals surface area contributed by atoms with Gasteiger partial charge >= 0.3 is 0 Å². The van der Waals surface area contributed by atoms with Gasteiger partial charge in [0.15, 0.2) is 9.84 Å². The van der Waals surface area contributed by atoms with Crippen LogP contribution >= 0.6 is 24.8 Å². The van der Waals surface area contributed by atoms with Crippen molar-refractivity contribution in [1.29, 1.82) is 0 Å². The molecule has 6 heteroatoms. The lowest BCUT2D eigenvalue weighted by Gasteiger charge is -2.37. The van der Waals surface area contributed by atoms with E-state index < -0.39 is 15.4 Å². The van der Waals surface area contributed by atoms with Crippen LogP contribution in [-0.2, 0) is 9.84 Å². The van der Waals surface area contributed by atoms with Crippen molar-refractivity contribution in [3.63, 3.8) is 0 Å². The molecular formula is C9H15NO2S3. The molecule has 0 bridgehead atoms. The maximum absolute atomic E-state index is 11.5.